The van der Waals surface area contributed by atoms with Gasteiger partial charge in [-0.1, -0.05) is 31.8 Å². The highest BCUT2D eigenvalue weighted by atomic mass is 28.3. The van der Waals surface area contributed by atoms with Gasteiger partial charge in [0.25, 0.3) is 5.69 Å². The van der Waals surface area contributed by atoms with E-state index < -0.39 is 8.07 Å². The molecule has 1 aromatic rings. The number of nitrogens with zero attached hydrogens (tertiary/aromatic N) is 1. The van der Waals surface area contributed by atoms with Crippen LogP contribution >= 0.6 is 0 Å². The van der Waals surface area contributed by atoms with Crippen molar-refractivity contribution in [2.24, 2.45) is 0 Å². The first-order valence-corrected chi connectivity index (χ1v) is 8.87. The average molecular weight is 237 g/mol. The lowest BCUT2D eigenvalue weighted by Crippen LogP contribution is -2.29. The van der Waals surface area contributed by atoms with Crippen molar-refractivity contribution in [2.45, 2.75) is 31.5 Å². The van der Waals surface area contributed by atoms with Gasteiger partial charge in [-0.15, -0.1) is 0 Å². The van der Waals surface area contributed by atoms with Crippen LogP contribution in [0.3, 0.4) is 0 Å². The molecule has 0 aromatic heterocycles. The normalized spacial score (nSPS) is 24.2. The summed E-state index contributed by atoms with van der Waals surface area (Å²) in [6.45, 7) is 6.74. The van der Waals surface area contributed by atoms with Gasteiger partial charge in [-0.2, -0.15) is 0 Å². The Morgan fingerprint density at radius 3 is 2.56 bits per heavy atom. The van der Waals surface area contributed by atoms with Gasteiger partial charge in [-0.3, -0.25) is 10.1 Å². The number of non-ortho nitro benzene ring substituents is 1. The van der Waals surface area contributed by atoms with Crippen molar-refractivity contribution in [3.63, 3.8) is 0 Å². The molecule has 1 saturated heterocycles. The van der Waals surface area contributed by atoms with Crippen LogP contribution in [0.5, 0.6) is 0 Å². The minimum absolute atomic E-state index is 0.0755. The van der Waals surface area contributed by atoms with E-state index in [1.54, 1.807) is 12.1 Å². The molecule has 1 heterocycles. The van der Waals surface area contributed by atoms with Crippen molar-refractivity contribution in [3.05, 3.63) is 39.9 Å². The highest BCUT2D eigenvalue weighted by Crippen LogP contribution is 2.44. The van der Waals surface area contributed by atoms with Crippen LogP contribution < -0.4 is 0 Å². The summed E-state index contributed by atoms with van der Waals surface area (Å²) in [6.07, 6.45) is 0.0755. The van der Waals surface area contributed by atoms with Crippen LogP contribution in [-0.4, -0.2) is 18.7 Å². The lowest BCUT2D eigenvalue weighted by atomic mass is 10.1. The zero-order valence-electron chi connectivity index (χ0n) is 9.64. The molecule has 1 aliphatic heterocycles. The Hall–Kier alpha value is -1.20. The minimum atomic E-state index is -1.31. The molecule has 16 heavy (non-hydrogen) atoms. The third-order valence-corrected chi connectivity index (χ3v) is 4.90. The Balaban J connectivity index is 2.18. The second kappa shape index (κ2) is 3.67. The fraction of sp³-hybridized carbons (Fsp3) is 0.455. The molecular formula is C11H15NO3Si. The van der Waals surface area contributed by atoms with Crippen molar-refractivity contribution in [3.8, 4) is 0 Å². The maximum Gasteiger partial charge on any atom is 0.269 e. The molecule has 2 atom stereocenters. The van der Waals surface area contributed by atoms with E-state index in [-0.39, 0.29) is 16.7 Å². The number of hydrogen-bond donors (Lipinski definition) is 0. The molecule has 0 radical (unpaired) electrons. The van der Waals surface area contributed by atoms with Gasteiger partial charge in [0.05, 0.1) is 18.7 Å². The predicted molar refractivity (Wildman–Crippen MR) is 64.1 cm³/mol. The first-order valence-electron chi connectivity index (χ1n) is 5.29. The van der Waals surface area contributed by atoms with Crippen LogP contribution in [0.25, 0.3) is 0 Å². The van der Waals surface area contributed by atoms with Crippen LogP contribution in [0.2, 0.25) is 19.6 Å². The van der Waals surface area contributed by atoms with Crippen LogP contribution in [0, 0.1) is 10.1 Å². The summed E-state index contributed by atoms with van der Waals surface area (Å²) in [5.74, 6) is 0. The summed E-state index contributed by atoms with van der Waals surface area (Å²) in [5, 5.41) is 10.6. The van der Waals surface area contributed by atoms with Crippen LogP contribution in [0.15, 0.2) is 24.3 Å². The molecular weight excluding hydrogens is 222 g/mol. The van der Waals surface area contributed by atoms with Crippen molar-refractivity contribution in [2.75, 3.05) is 0 Å². The van der Waals surface area contributed by atoms with Crippen molar-refractivity contribution in [1.82, 2.24) is 0 Å². The lowest BCUT2D eigenvalue weighted by Gasteiger charge is -2.11. The maximum atomic E-state index is 10.6. The predicted octanol–water partition coefficient (Wildman–Crippen LogP) is 2.91. The molecule has 0 bridgehead atoms. The number of rotatable bonds is 3. The molecule has 2 rings (SSSR count). The van der Waals surface area contributed by atoms with Gasteiger partial charge in [0.1, 0.15) is 6.10 Å². The topological polar surface area (TPSA) is 55.7 Å². The molecule has 0 spiro atoms. The average Bonchev–Trinajstić information content (AvgIpc) is 2.96. The van der Waals surface area contributed by atoms with Crippen LogP contribution in [0.1, 0.15) is 11.7 Å². The number of nitro benzene ring substituents is 1. The molecule has 0 aliphatic carbocycles. The van der Waals surface area contributed by atoms with E-state index in [1.165, 1.54) is 6.07 Å². The highest BCUT2D eigenvalue weighted by molar-refractivity contribution is 6.78. The van der Waals surface area contributed by atoms with E-state index in [0.29, 0.717) is 5.73 Å². The molecule has 0 amide bonds. The largest absolute Gasteiger partial charge is 0.368 e. The standard InChI is InChI=1S/C11H15NO3Si/c1-16(2,3)11-10(15-11)8-5-4-6-9(7-8)12(13)14/h4-7,10-11H,1-3H3. The molecule has 2 unspecified atom stereocenters. The summed E-state index contributed by atoms with van der Waals surface area (Å²) >= 11 is 0. The third-order valence-electron chi connectivity index (χ3n) is 2.75. The van der Waals surface area contributed by atoms with Gasteiger partial charge < -0.3 is 4.74 Å². The summed E-state index contributed by atoms with van der Waals surface area (Å²) in [7, 11) is -1.31. The Morgan fingerprint density at radius 2 is 2.06 bits per heavy atom. The van der Waals surface area contributed by atoms with Gasteiger partial charge in [-0.25, -0.2) is 0 Å². The number of epoxide rings is 1. The molecule has 5 heteroatoms. The molecule has 1 fully saturated rings. The summed E-state index contributed by atoms with van der Waals surface area (Å²) in [4.78, 5) is 10.3. The molecule has 4 nitrogen and oxygen atoms in total. The fourth-order valence-corrected chi connectivity index (χ4v) is 3.50. The highest BCUT2D eigenvalue weighted by Gasteiger charge is 2.49. The first-order chi connectivity index (χ1) is 7.39. The summed E-state index contributed by atoms with van der Waals surface area (Å²) < 4.78 is 5.64. The van der Waals surface area contributed by atoms with Gasteiger partial charge in [-0.05, 0) is 5.56 Å². The van der Waals surface area contributed by atoms with Gasteiger partial charge in [0, 0.05) is 12.1 Å². The molecule has 1 aliphatic rings. The Kier molecular flexibility index (Phi) is 2.59. The van der Waals surface area contributed by atoms with Gasteiger partial charge >= 0.3 is 0 Å². The van der Waals surface area contributed by atoms with Crippen molar-refractivity contribution in [1.29, 1.82) is 0 Å². The number of nitro groups is 1. The summed E-state index contributed by atoms with van der Waals surface area (Å²) in [6, 6.07) is 6.74. The van der Waals surface area contributed by atoms with Crippen LogP contribution in [0.4, 0.5) is 5.69 Å². The Bertz CT molecular complexity index is 427. The van der Waals surface area contributed by atoms with E-state index in [0.717, 1.165) is 5.56 Å². The molecule has 86 valence electrons. The molecule has 1 aromatic carbocycles. The molecule has 0 saturated carbocycles. The second-order valence-electron chi connectivity index (χ2n) is 5.20. The van der Waals surface area contributed by atoms with E-state index in [2.05, 4.69) is 19.6 Å². The van der Waals surface area contributed by atoms with E-state index in [9.17, 15) is 10.1 Å². The minimum Gasteiger partial charge on any atom is -0.368 e. The van der Waals surface area contributed by atoms with E-state index >= 15 is 0 Å². The van der Waals surface area contributed by atoms with Gasteiger partial charge in [0.15, 0.2) is 0 Å². The molecule has 0 N–H and O–H groups in total. The van der Waals surface area contributed by atoms with Crippen molar-refractivity contribution >= 4 is 13.8 Å². The van der Waals surface area contributed by atoms with Gasteiger partial charge in [0.2, 0.25) is 0 Å². The van der Waals surface area contributed by atoms with E-state index in [4.69, 9.17) is 4.74 Å². The monoisotopic (exact) mass is 237 g/mol. The fourth-order valence-electron chi connectivity index (χ4n) is 1.84. The lowest BCUT2D eigenvalue weighted by molar-refractivity contribution is -0.384. The smallest absolute Gasteiger partial charge is 0.269 e. The summed E-state index contributed by atoms with van der Waals surface area (Å²) in [5.41, 5.74) is 1.37. The number of benzene rings is 1. The zero-order valence-corrected chi connectivity index (χ0v) is 10.6. The number of ether oxygens (including phenoxy) is 1. The van der Waals surface area contributed by atoms with E-state index in [1.807, 2.05) is 6.07 Å². The Labute approximate surface area is 95.4 Å². The zero-order chi connectivity index (χ0) is 11.9. The van der Waals surface area contributed by atoms with Crippen molar-refractivity contribution < 1.29 is 9.66 Å². The Morgan fingerprint density at radius 1 is 1.38 bits per heavy atom. The third kappa shape index (κ3) is 2.15. The SMILES string of the molecule is C[Si](C)(C)C1OC1c1cccc([N+](=O)[O-])c1. The maximum absolute atomic E-state index is 10.6. The van der Waals surface area contributed by atoms with Crippen LogP contribution in [-0.2, 0) is 4.74 Å². The quantitative estimate of drug-likeness (QED) is 0.351. The number of hydrogen-bond acceptors (Lipinski definition) is 3. The first kappa shape index (κ1) is 11.3. The second-order valence-corrected chi connectivity index (χ2v) is 10.5.